The smallest absolute Gasteiger partial charge is 0.326 e. The number of carboxylic acids is 4. The van der Waals surface area contributed by atoms with Crippen molar-refractivity contribution < 1.29 is 131 Å². The van der Waals surface area contributed by atoms with Crippen LogP contribution in [0, 0.1) is 71.0 Å². The van der Waals surface area contributed by atoms with Gasteiger partial charge >= 0.3 is 23.9 Å². The third-order valence-electron chi connectivity index (χ3n) is 28.6. The lowest BCUT2D eigenvalue weighted by atomic mass is 9.84. The van der Waals surface area contributed by atoms with Gasteiger partial charge in [-0.15, -0.1) is 0 Å². The molecule has 2 saturated heterocycles. The van der Waals surface area contributed by atoms with Gasteiger partial charge in [-0.05, 0) is 153 Å². The number of nitrogens with zero attached hydrogens (tertiary/aromatic N) is 7. The molecule has 18 N–H and O–H groups in total. The number of likely N-dealkylation sites (N-methyl/N-ethyl adjacent to an activating group) is 4. The molecule has 0 saturated carbocycles. The third-order valence-corrected chi connectivity index (χ3v) is 28.6. The molecule has 16 amide bonds. The van der Waals surface area contributed by atoms with E-state index in [1.54, 1.807) is 85.5 Å². The van der Waals surface area contributed by atoms with E-state index in [2.05, 4.69) is 53.2 Å². The summed E-state index contributed by atoms with van der Waals surface area (Å²) in [6.45, 7) is 34.3. The summed E-state index contributed by atoms with van der Waals surface area (Å²) in [5.41, 5.74) is 5.87. The van der Waals surface area contributed by atoms with E-state index in [0.717, 1.165) is 26.0 Å². The van der Waals surface area contributed by atoms with Gasteiger partial charge in [0.05, 0.1) is 30.3 Å². The molecule has 45 nitrogen and oxygen atoms in total. The molecule has 0 aromatic carbocycles. The Hall–Kier alpha value is -11.2. The molecule has 0 aromatic rings. The fourth-order valence-corrected chi connectivity index (χ4v) is 19.8. The number of carbonyl (C=O) groups excluding carboxylic acids is 17. The Balaban J connectivity index is 1.95. The van der Waals surface area contributed by atoms with Gasteiger partial charge in [0, 0.05) is 127 Å². The Labute approximate surface area is 846 Å². The van der Waals surface area contributed by atoms with Crippen LogP contribution in [0.15, 0.2) is 12.2 Å². The minimum Gasteiger partial charge on any atom is -0.481 e. The Bertz CT molecular complexity index is 4430. The van der Waals surface area contributed by atoms with Gasteiger partial charge in [-0.3, -0.25) is 111 Å². The van der Waals surface area contributed by atoms with E-state index >= 15 is 0 Å². The number of carbonyl (C=O) groups is 21. The first kappa shape index (κ1) is 127. The van der Waals surface area contributed by atoms with Gasteiger partial charge in [0.2, 0.25) is 82.7 Å². The minimum absolute atomic E-state index is 0.00274. The Kier molecular flexibility index (Phi) is 52.4. The van der Waals surface area contributed by atoms with Crippen LogP contribution in [0.2, 0.25) is 0 Å². The van der Waals surface area contributed by atoms with E-state index in [4.69, 9.17) is 5.73 Å². The molecule has 2 fully saturated rings. The normalized spacial score (nSPS) is 19.4. The lowest BCUT2D eigenvalue weighted by molar-refractivity contribution is -0.145. The van der Waals surface area contributed by atoms with Crippen LogP contribution in [0.25, 0.3) is 0 Å². The van der Waals surface area contributed by atoms with Crippen LogP contribution in [-0.2, 0) is 101 Å². The molecule has 45 heteroatoms. The molecular formula is C99H168N18O27. The van der Waals surface area contributed by atoms with Gasteiger partial charge < -0.3 is 109 Å². The van der Waals surface area contributed by atoms with Crippen molar-refractivity contribution in [3.05, 3.63) is 12.2 Å². The molecule has 3 aliphatic heterocycles. The Morgan fingerprint density at radius 2 is 0.708 bits per heavy atom. The first-order chi connectivity index (χ1) is 67.0. The zero-order valence-corrected chi connectivity index (χ0v) is 89.1. The number of aliphatic hydroxyl groups excluding tert-OH is 2. The van der Waals surface area contributed by atoms with Gasteiger partial charge in [0.25, 0.3) is 11.8 Å². The molecule has 0 aliphatic carbocycles. The number of hydrogen-bond donors (Lipinski definition) is 17. The predicted molar refractivity (Wildman–Crippen MR) is 530 cm³/mol. The summed E-state index contributed by atoms with van der Waals surface area (Å²) in [5, 5.41) is 87.0. The van der Waals surface area contributed by atoms with Crippen molar-refractivity contribution in [2.45, 2.75) is 350 Å². The number of rotatable bonds is 63. The third kappa shape index (κ3) is 36.8. The van der Waals surface area contributed by atoms with Crippen molar-refractivity contribution in [3.8, 4) is 0 Å². The number of nitrogens with one attached hydrogen (secondary N) is 10. The van der Waals surface area contributed by atoms with E-state index in [0.29, 0.717) is 56.5 Å². The van der Waals surface area contributed by atoms with Crippen LogP contribution in [0.1, 0.15) is 241 Å². The number of imide groups is 1. The monoisotopic (exact) mass is 2040 g/mol. The second-order valence-corrected chi connectivity index (χ2v) is 41.4. The van der Waals surface area contributed by atoms with E-state index in [9.17, 15) is 131 Å². The van der Waals surface area contributed by atoms with Gasteiger partial charge in [-0.2, -0.15) is 0 Å². The van der Waals surface area contributed by atoms with Crippen molar-refractivity contribution >= 4 is 124 Å². The summed E-state index contributed by atoms with van der Waals surface area (Å²) in [4.78, 5) is 301. The molecule has 1 unspecified atom stereocenters. The highest BCUT2D eigenvalue weighted by atomic mass is 16.4. The van der Waals surface area contributed by atoms with Crippen LogP contribution in [0.3, 0.4) is 0 Å². The maximum Gasteiger partial charge on any atom is 0.326 e. The number of Topliss-reactive ketones (excluding diaryl/α,β-unsaturated/α-hetero) is 1. The maximum atomic E-state index is 14.8. The minimum atomic E-state index is -2.20. The van der Waals surface area contributed by atoms with Gasteiger partial charge in [0.1, 0.15) is 54.4 Å². The lowest BCUT2D eigenvalue weighted by Crippen LogP contribution is -2.62. The topological polar surface area (TPSA) is 649 Å². The van der Waals surface area contributed by atoms with Crippen molar-refractivity contribution in [3.63, 3.8) is 0 Å². The molecule has 26 atom stereocenters. The largest absolute Gasteiger partial charge is 0.481 e. The summed E-state index contributed by atoms with van der Waals surface area (Å²) in [6, 6.07) is -20.6. The standard InChI is InChI=1S/C99H168N18O27/c1-27-53(11)85(113(25)97(141)79(49(3)4)107-95(139)83(51(7)8)111(21)22)55(13)45-74(123)115-43-29-31-68(115)57(15)59(17)87(131)109-81(61(19)118)93(137)103-64(35-41-77(127)128)89(133)105-66(99(143)144)33-37-71(120)63(34-40-76(125)126)102-91(135)67(48-101-92(136)70(47-100)117-72(121)38-39-73(117)122)106-90(134)65(36-42-78(129)130)104-94(138)82(62(20)119)110-88(132)60(18)58(16)69-32-30-44-116(69)75(124)46-56(14)86(54(12)28-2)114(26)98(142)80(50(5)6)108-96(140)84(52(9)10)112(23)24/h38-39,49-70,79-86,118-119H,27-37,40-48,100H2,1-26H3,(H,101,136)(H,102,135)(H,103,137)(H,104,138)(H,105,133)(H,106,134)(H,107,139)(H,108,140)(H,109,131)(H,110,132)(H,125,126)(H,127,128)(H,129,130)(H,143,144)/t53-,54-,55+,56+,57+,58+,59+,60+,61+,62+,63-,64-,65-,66-,67-,68-,69-,70?,79-,80-,81-,82-,83-,84-,85-,86-/m0/s1. The molecule has 816 valence electrons. The van der Waals surface area contributed by atoms with Gasteiger partial charge in [-0.1, -0.05) is 137 Å². The van der Waals surface area contributed by atoms with E-state index in [-0.39, 0.29) is 83.8 Å². The predicted octanol–water partition coefficient (Wildman–Crippen LogP) is 0.317. The molecule has 3 aliphatic rings. The van der Waals surface area contributed by atoms with Gasteiger partial charge in [0.15, 0.2) is 5.78 Å². The summed E-state index contributed by atoms with van der Waals surface area (Å²) >= 11 is 0. The number of hydrogen-bond acceptors (Lipinski definition) is 26. The second kappa shape index (κ2) is 59.4. The van der Waals surface area contributed by atoms with E-state index in [1.807, 2.05) is 96.9 Å². The molecule has 0 spiro atoms. The molecule has 3 heterocycles. The van der Waals surface area contributed by atoms with Crippen LogP contribution < -0.4 is 58.9 Å². The van der Waals surface area contributed by atoms with Gasteiger partial charge in [-0.25, -0.2) is 4.79 Å². The van der Waals surface area contributed by atoms with Crippen molar-refractivity contribution in [1.82, 2.24) is 87.5 Å². The Morgan fingerprint density at radius 3 is 1.02 bits per heavy atom. The SMILES string of the molecule is CC[C@H](C)[C@@H]([C@H](C)CC(=O)N1CCC[C@H]1[C@H](C)[C@@H](C)C(=O)N[C@H](C(=O)N[C@@H](CCC(=O)O)C(=O)N[C@@H](CCC(=O)[C@H](CCC(=O)O)NC(=O)[C@H](CNC(=O)C(CN)N1C(=O)C=CC1=O)NC(=O)[C@H](CCC(=O)O)NC(=O)[C@@H](NC(=O)[C@H](C)[C@@H](C)[C@@H]1CCCN1C(=O)C[C@@H](C)[C@H]([C@@H](C)CC)N(C)C(=O)[C@@H](NC(=O)[C@H](C(C)C)N(C)C)C(C)C)[C@@H](C)O)C(=O)O)[C@@H](C)O)N(C)C(=O)[C@@H](NC(=O)[C@H](C(C)C)N(C)C)C(C)C. The number of ketones is 1. The number of aliphatic carboxylic acids is 4. The number of aliphatic hydroxyl groups is 2. The van der Waals surface area contributed by atoms with Crippen molar-refractivity contribution in [2.24, 2.45) is 76.7 Å². The highest BCUT2D eigenvalue weighted by Crippen LogP contribution is 2.36. The number of amides is 16. The first-order valence-electron chi connectivity index (χ1n) is 50.5. The van der Waals surface area contributed by atoms with Crippen LogP contribution in [0.5, 0.6) is 0 Å². The first-order valence-corrected chi connectivity index (χ1v) is 50.5. The summed E-state index contributed by atoms with van der Waals surface area (Å²) in [7, 11) is 10.5. The highest BCUT2D eigenvalue weighted by Gasteiger charge is 2.47. The molecule has 144 heavy (non-hydrogen) atoms. The quantitative estimate of drug-likeness (QED) is 0.0365. The highest BCUT2D eigenvalue weighted by molar-refractivity contribution is 6.15. The second-order valence-electron chi connectivity index (χ2n) is 41.4. The molecule has 0 bridgehead atoms. The number of nitrogens with two attached hydrogens (primary N) is 1. The summed E-state index contributed by atoms with van der Waals surface area (Å²) < 4.78 is 0. The fourth-order valence-electron chi connectivity index (χ4n) is 19.8. The molecule has 0 aromatic heterocycles. The van der Waals surface area contributed by atoms with E-state index in [1.165, 1.54) is 13.8 Å². The van der Waals surface area contributed by atoms with Crippen molar-refractivity contribution in [2.75, 3.05) is 68.5 Å². The molecule has 3 rings (SSSR count). The Morgan fingerprint density at radius 1 is 0.389 bits per heavy atom. The van der Waals surface area contributed by atoms with Crippen LogP contribution in [0.4, 0.5) is 0 Å². The average Bonchev–Trinajstić information content (AvgIpc) is 1.73. The number of likely N-dealkylation sites (tertiary alicyclic amines) is 2. The zero-order chi connectivity index (χ0) is 110. The fraction of sp³-hybridized carbons (Fsp3) is 0.768. The lowest BCUT2D eigenvalue weighted by Gasteiger charge is -2.40. The van der Waals surface area contributed by atoms with Crippen LogP contribution in [-0.4, -0.2) is 366 Å². The number of carboxylic acid groups (broad SMARTS) is 4. The molecule has 0 radical (unpaired) electrons. The summed E-state index contributed by atoms with van der Waals surface area (Å²) in [6.07, 6.45) is -5.44. The van der Waals surface area contributed by atoms with Crippen LogP contribution >= 0.6 is 0 Å². The van der Waals surface area contributed by atoms with Crippen molar-refractivity contribution in [1.29, 1.82) is 0 Å². The van der Waals surface area contributed by atoms with E-state index < -0.39 is 298 Å². The molecular weight excluding hydrogens is 1870 g/mol. The maximum absolute atomic E-state index is 14.8. The zero-order valence-electron chi connectivity index (χ0n) is 89.1. The average molecular weight is 2040 g/mol. The summed E-state index contributed by atoms with van der Waals surface area (Å²) in [5.74, 6) is -26.0.